The van der Waals surface area contributed by atoms with Gasteiger partial charge in [0, 0.05) is 12.8 Å². The van der Waals surface area contributed by atoms with Gasteiger partial charge in [0.25, 0.3) is 0 Å². The van der Waals surface area contributed by atoms with Crippen LogP contribution in [-0.4, -0.2) is 34.0 Å². The van der Waals surface area contributed by atoms with Crippen molar-refractivity contribution in [2.75, 3.05) is 0 Å². The summed E-state index contributed by atoms with van der Waals surface area (Å²) in [6.45, 7) is 13.4. The number of carbonyl (C=O) groups is 1. The third-order valence-electron chi connectivity index (χ3n) is 6.50. The molecule has 1 fully saturated rings. The lowest BCUT2D eigenvalue weighted by Crippen LogP contribution is -2.39. The van der Waals surface area contributed by atoms with Gasteiger partial charge in [-0.3, -0.25) is 4.79 Å². The summed E-state index contributed by atoms with van der Waals surface area (Å²) in [7, 11) is 0. The van der Waals surface area contributed by atoms with Crippen molar-refractivity contribution in [3.05, 3.63) is 23.8 Å². The second-order valence-corrected chi connectivity index (χ2v) is 8.98. The Morgan fingerprint density at radius 3 is 2.65 bits per heavy atom. The molecule has 6 unspecified atom stereocenters. The molecule has 0 aromatic heterocycles. The van der Waals surface area contributed by atoms with Gasteiger partial charge in [-0.05, 0) is 70.6 Å². The summed E-state index contributed by atoms with van der Waals surface area (Å²) in [4.78, 5) is 11.8. The number of esters is 1. The molecule has 0 bridgehead atoms. The van der Waals surface area contributed by atoms with E-state index in [1.54, 1.807) is 13.8 Å². The lowest BCUT2D eigenvalue weighted by Gasteiger charge is -2.36. The van der Waals surface area contributed by atoms with Crippen LogP contribution in [0.25, 0.3) is 0 Å². The maximum absolute atomic E-state index is 11.8. The number of fused-ring (bicyclic) bond motifs is 1. The standard InChI is InChI=1S/C22H36O4/c1-13-7-11-18(14(2)9-12-19(24)22(5,6)25)21(26-16(4)23)20-15(3)8-10-17(13)20/h8,14,17-21,24-25H,1,7,9-12H2,2-6H3. The van der Waals surface area contributed by atoms with Gasteiger partial charge in [0.15, 0.2) is 0 Å². The SMILES string of the molecule is C=C1CCC(C(C)CCC(O)C(C)(C)O)C(OC(C)=O)C2C(C)=CCC12. The van der Waals surface area contributed by atoms with Crippen molar-refractivity contribution in [3.8, 4) is 0 Å². The highest BCUT2D eigenvalue weighted by molar-refractivity contribution is 5.66. The fourth-order valence-corrected chi connectivity index (χ4v) is 4.74. The largest absolute Gasteiger partial charge is 0.462 e. The normalized spacial score (nSPS) is 31.7. The summed E-state index contributed by atoms with van der Waals surface area (Å²) < 4.78 is 5.88. The van der Waals surface area contributed by atoms with Crippen LogP contribution in [0.3, 0.4) is 0 Å². The van der Waals surface area contributed by atoms with E-state index in [9.17, 15) is 15.0 Å². The Labute approximate surface area is 158 Å². The number of allylic oxidation sites excluding steroid dienone is 2. The van der Waals surface area contributed by atoms with Crippen LogP contribution in [0.1, 0.15) is 66.7 Å². The van der Waals surface area contributed by atoms with E-state index in [1.165, 1.54) is 18.1 Å². The molecule has 0 aromatic rings. The first-order chi connectivity index (χ1) is 12.0. The second-order valence-electron chi connectivity index (χ2n) is 8.98. The highest BCUT2D eigenvalue weighted by Crippen LogP contribution is 2.48. The fourth-order valence-electron chi connectivity index (χ4n) is 4.74. The van der Waals surface area contributed by atoms with E-state index in [0.29, 0.717) is 12.3 Å². The maximum Gasteiger partial charge on any atom is 0.302 e. The molecule has 2 N–H and O–H groups in total. The Bertz CT molecular complexity index is 557. The van der Waals surface area contributed by atoms with Crippen molar-refractivity contribution < 1.29 is 19.7 Å². The van der Waals surface area contributed by atoms with Crippen molar-refractivity contribution >= 4 is 5.97 Å². The van der Waals surface area contributed by atoms with Gasteiger partial charge in [0.1, 0.15) is 6.10 Å². The van der Waals surface area contributed by atoms with Crippen LogP contribution in [0.5, 0.6) is 0 Å². The summed E-state index contributed by atoms with van der Waals surface area (Å²) in [5.41, 5.74) is 1.48. The molecule has 0 aromatic carbocycles. The summed E-state index contributed by atoms with van der Waals surface area (Å²) in [5, 5.41) is 20.2. The predicted octanol–water partition coefficient (Wildman–Crippen LogP) is 4.01. The lowest BCUT2D eigenvalue weighted by molar-refractivity contribution is -0.153. The van der Waals surface area contributed by atoms with E-state index in [4.69, 9.17) is 4.74 Å². The van der Waals surface area contributed by atoms with Gasteiger partial charge < -0.3 is 14.9 Å². The third kappa shape index (κ3) is 4.77. The molecule has 1 saturated carbocycles. The molecule has 26 heavy (non-hydrogen) atoms. The molecular weight excluding hydrogens is 328 g/mol. The summed E-state index contributed by atoms with van der Waals surface area (Å²) in [5.74, 6) is 0.895. The van der Waals surface area contributed by atoms with Crippen LogP contribution in [-0.2, 0) is 9.53 Å². The van der Waals surface area contributed by atoms with Gasteiger partial charge >= 0.3 is 5.97 Å². The number of carbonyl (C=O) groups excluding carboxylic acids is 1. The van der Waals surface area contributed by atoms with Crippen LogP contribution >= 0.6 is 0 Å². The number of rotatable bonds is 6. The number of aliphatic hydroxyl groups is 2. The average Bonchev–Trinajstić information content (AvgIpc) is 2.85. The molecule has 0 spiro atoms. The molecule has 0 saturated heterocycles. The molecule has 0 aliphatic heterocycles. The molecular formula is C22H36O4. The van der Waals surface area contributed by atoms with E-state index >= 15 is 0 Å². The van der Waals surface area contributed by atoms with Gasteiger partial charge in [0.05, 0.1) is 11.7 Å². The molecule has 2 aliphatic carbocycles. The zero-order valence-corrected chi connectivity index (χ0v) is 17.0. The Balaban J connectivity index is 2.19. The highest BCUT2D eigenvalue weighted by atomic mass is 16.5. The Hall–Kier alpha value is -1.13. The second kappa shape index (κ2) is 8.26. The van der Waals surface area contributed by atoms with Crippen LogP contribution in [0.2, 0.25) is 0 Å². The number of ether oxygens (including phenoxy) is 1. The Morgan fingerprint density at radius 2 is 2.08 bits per heavy atom. The quantitative estimate of drug-likeness (QED) is 0.552. The van der Waals surface area contributed by atoms with Gasteiger partial charge in [-0.15, -0.1) is 0 Å². The third-order valence-corrected chi connectivity index (χ3v) is 6.50. The van der Waals surface area contributed by atoms with Gasteiger partial charge in [-0.25, -0.2) is 0 Å². The number of hydrogen-bond acceptors (Lipinski definition) is 4. The zero-order valence-electron chi connectivity index (χ0n) is 17.0. The first-order valence-electron chi connectivity index (χ1n) is 9.94. The maximum atomic E-state index is 11.8. The van der Waals surface area contributed by atoms with Crippen LogP contribution in [0, 0.1) is 23.7 Å². The minimum absolute atomic E-state index is 0.134. The van der Waals surface area contributed by atoms with Crippen molar-refractivity contribution in [2.24, 2.45) is 23.7 Å². The molecule has 4 heteroatoms. The molecule has 6 atom stereocenters. The van der Waals surface area contributed by atoms with Gasteiger partial charge in [-0.2, -0.15) is 0 Å². The minimum atomic E-state index is -1.09. The van der Waals surface area contributed by atoms with Crippen molar-refractivity contribution in [1.29, 1.82) is 0 Å². The van der Waals surface area contributed by atoms with E-state index in [2.05, 4.69) is 26.5 Å². The predicted molar refractivity (Wildman–Crippen MR) is 103 cm³/mol. The summed E-state index contributed by atoms with van der Waals surface area (Å²) in [6, 6.07) is 0. The molecule has 2 aliphatic rings. The first-order valence-corrected chi connectivity index (χ1v) is 9.94. The summed E-state index contributed by atoms with van der Waals surface area (Å²) in [6.07, 6.45) is 5.62. The molecule has 148 valence electrons. The highest BCUT2D eigenvalue weighted by Gasteiger charge is 2.45. The Morgan fingerprint density at radius 1 is 1.42 bits per heavy atom. The lowest BCUT2D eigenvalue weighted by atomic mass is 9.75. The molecule has 2 rings (SSSR count). The fraction of sp³-hybridized carbons (Fsp3) is 0.773. The molecule has 0 heterocycles. The van der Waals surface area contributed by atoms with Crippen LogP contribution < -0.4 is 0 Å². The smallest absolute Gasteiger partial charge is 0.302 e. The number of hydrogen-bond donors (Lipinski definition) is 2. The zero-order chi connectivity index (χ0) is 19.6. The van der Waals surface area contributed by atoms with E-state index in [1.807, 2.05) is 0 Å². The van der Waals surface area contributed by atoms with Crippen molar-refractivity contribution in [2.45, 2.75) is 84.5 Å². The summed E-state index contributed by atoms with van der Waals surface area (Å²) >= 11 is 0. The van der Waals surface area contributed by atoms with Gasteiger partial charge in [0.2, 0.25) is 0 Å². The molecule has 0 amide bonds. The Kier molecular flexibility index (Phi) is 6.73. The number of aliphatic hydroxyl groups excluding tert-OH is 1. The van der Waals surface area contributed by atoms with Crippen LogP contribution in [0.4, 0.5) is 0 Å². The van der Waals surface area contributed by atoms with Crippen molar-refractivity contribution in [3.63, 3.8) is 0 Å². The molecule has 4 nitrogen and oxygen atoms in total. The first kappa shape index (κ1) is 21.2. The van der Waals surface area contributed by atoms with Gasteiger partial charge in [-0.1, -0.05) is 30.7 Å². The average molecular weight is 365 g/mol. The van der Waals surface area contributed by atoms with E-state index in [-0.39, 0.29) is 29.8 Å². The van der Waals surface area contributed by atoms with Crippen molar-refractivity contribution in [1.82, 2.24) is 0 Å². The van der Waals surface area contributed by atoms with E-state index in [0.717, 1.165) is 25.7 Å². The monoisotopic (exact) mass is 364 g/mol. The van der Waals surface area contributed by atoms with Crippen LogP contribution in [0.15, 0.2) is 23.8 Å². The van der Waals surface area contributed by atoms with E-state index < -0.39 is 11.7 Å². The topological polar surface area (TPSA) is 66.8 Å². The minimum Gasteiger partial charge on any atom is -0.462 e. The molecule has 0 radical (unpaired) electrons.